The van der Waals surface area contributed by atoms with Gasteiger partial charge in [-0.15, -0.1) is 0 Å². The van der Waals surface area contributed by atoms with Crippen molar-refractivity contribution in [3.05, 3.63) is 0 Å². The molecule has 1 fully saturated rings. The number of primary amides is 1. The van der Waals surface area contributed by atoms with Crippen molar-refractivity contribution >= 4 is 6.09 Å². The van der Waals surface area contributed by atoms with Crippen LogP contribution in [0.3, 0.4) is 0 Å². The first-order valence-corrected chi connectivity index (χ1v) is 4.32. The molecule has 4 nitrogen and oxygen atoms in total. The third kappa shape index (κ3) is 2.70. The summed E-state index contributed by atoms with van der Waals surface area (Å²) >= 11 is 0. The van der Waals surface area contributed by atoms with Crippen molar-refractivity contribution in [2.75, 3.05) is 20.2 Å². The smallest absolute Gasteiger partial charge is 0.404 e. The van der Waals surface area contributed by atoms with Gasteiger partial charge in [0.2, 0.25) is 0 Å². The van der Waals surface area contributed by atoms with Crippen LogP contribution in [0.4, 0.5) is 4.79 Å². The van der Waals surface area contributed by atoms with Crippen molar-refractivity contribution < 1.29 is 9.53 Å². The Bertz CT molecular complexity index is 161. The molecule has 1 unspecified atom stereocenters. The maximum Gasteiger partial charge on any atom is 0.404 e. The molecule has 4 heteroatoms. The Kier molecular flexibility index (Phi) is 3.34. The number of carbonyl (C=O) groups excluding carboxylic acids is 1. The van der Waals surface area contributed by atoms with Crippen LogP contribution in [-0.4, -0.2) is 37.2 Å². The quantitative estimate of drug-likeness (QED) is 0.677. The number of nitrogens with two attached hydrogens (primary N) is 1. The van der Waals surface area contributed by atoms with Gasteiger partial charge in [0.15, 0.2) is 0 Å². The first kappa shape index (κ1) is 9.32. The molecular formula is C8H16N2O2. The van der Waals surface area contributed by atoms with E-state index in [4.69, 9.17) is 5.73 Å². The summed E-state index contributed by atoms with van der Waals surface area (Å²) in [5.41, 5.74) is 4.84. The van der Waals surface area contributed by atoms with Gasteiger partial charge in [0.05, 0.1) is 6.61 Å². The molecule has 0 radical (unpaired) electrons. The maximum absolute atomic E-state index is 10.2. The number of hydrogen-bond acceptors (Lipinski definition) is 3. The minimum absolute atomic E-state index is 0.449. The lowest BCUT2D eigenvalue weighted by Crippen LogP contribution is -2.27. The minimum atomic E-state index is -0.671. The molecule has 1 aliphatic rings. The molecule has 12 heavy (non-hydrogen) atoms. The van der Waals surface area contributed by atoms with Gasteiger partial charge in [-0.1, -0.05) is 0 Å². The molecule has 1 amide bonds. The Labute approximate surface area is 72.7 Å². The SMILES string of the molecule is CN1CCCC1CCOC(N)=O. The fraction of sp³-hybridized carbons (Fsp3) is 0.875. The van der Waals surface area contributed by atoms with Crippen molar-refractivity contribution in [1.82, 2.24) is 4.90 Å². The fourth-order valence-corrected chi connectivity index (χ4v) is 1.64. The number of carbonyl (C=O) groups is 1. The van der Waals surface area contributed by atoms with E-state index in [9.17, 15) is 4.79 Å². The van der Waals surface area contributed by atoms with Crippen molar-refractivity contribution in [2.45, 2.75) is 25.3 Å². The predicted octanol–water partition coefficient (Wildman–Crippen LogP) is 0.566. The molecule has 0 aliphatic carbocycles. The zero-order chi connectivity index (χ0) is 8.97. The predicted molar refractivity (Wildman–Crippen MR) is 45.8 cm³/mol. The summed E-state index contributed by atoms with van der Waals surface area (Å²) in [5, 5.41) is 0. The molecule has 0 aromatic heterocycles. The van der Waals surface area contributed by atoms with Crippen LogP contribution in [0.25, 0.3) is 0 Å². The molecule has 0 aromatic rings. The van der Waals surface area contributed by atoms with Gasteiger partial charge in [-0.3, -0.25) is 0 Å². The summed E-state index contributed by atoms with van der Waals surface area (Å²) in [6, 6.07) is 0.573. The van der Waals surface area contributed by atoms with Gasteiger partial charge in [0.25, 0.3) is 0 Å². The number of nitrogens with zero attached hydrogens (tertiary/aromatic N) is 1. The maximum atomic E-state index is 10.2. The van der Waals surface area contributed by atoms with E-state index < -0.39 is 6.09 Å². The molecule has 1 heterocycles. The largest absolute Gasteiger partial charge is 0.450 e. The second kappa shape index (κ2) is 4.30. The number of rotatable bonds is 3. The van der Waals surface area contributed by atoms with E-state index >= 15 is 0 Å². The first-order chi connectivity index (χ1) is 5.70. The zero-order valence-electron chi connectivity index (χ0n) is 7.45. The highest BCUT2D eigenvalue weighted by Gasteiger charge is 2.20. The number of likely N-dealkylation sites (tertiary alicyclic amines) is 1. The number of ether oxygens (including phenoxy) is 1. The molecule has 0 bridgehead atoms. The van der Waals surface area contributed by atoms with Gasteiger partial charge < -0.3 is 15.4 Å². The average Bonchev–Trinajstić information content (AvgIpc) is 2.36. The van der Waals surface area contributed by atoms with Crippen LogP contribution in [0.1, 0.15) is 19.3 Å². The lowest BCUT2D eigenvalue weighted by atomic mass is 10.2. The van der Waals surface area contributed by atoms with E-state index in [1.165, 1.54) is 12.8 Å². The van der Waals surface area contributed by atoms with Crippen LogP contribution in [0.5, 0.6) is 0 Å². The highest BCUT2D eigenvalue weighted by Crippen LogP contribution is 2.17. The molecule has 0 saturated carbocycles. The van der Waals surface area contributed by atoms with Crippen LogP contribution in [0.2, 0.25) is 0 Å². The Balaban J connectivity index is 2.10. The highest BCUT2D eigenvalue weighted by atomic mass is 16.5. The van der Waals surface area contributed by atoms with Crippen LogP contribution < -0.4 is 5.73 Å². The van der Waals surface area contributed by atoms with E-state index in [0.29, 0.717) is 12.6 Å². The molecule has 1 rings (SSSR count). The normalized spacial score (nSPS) is 24.2. The van der Waals surface area contributed by atoms with Gasteiger partial charge in [-0.05, 0) is 32.9 Å². The van der Waals surface area contributed by atoms with Crippen LogP contribution in [-0.2, 0) is 4.74 Å². The van der Waals surface area contributed by atoms with E-state index in [0.717, 1.165) is 13.0 Å². The molecule has 70 valence electrons. The zero-order valence-corrected chi connectivity index (χ0v) is 7.45. The average molecular weight is 172 g/mol. The second-order valence-electron chi connectivity index (χ2n) is 3.23. The monoisotopic (exact) mass is 172 g/mol. The van der Waals surface area contributed by atoms with E-state index in [1.54, 1.807) is 0 Å². The Morgan fingerprint density at radius 1 is 1.75 bits per heavy atom. The van der Waals surface area contributed by atoms with Crippen molar-refractivity contribution in [2.24, 2.45) is 5.73 Å². The Morgan fingerprint density at radius 2 is 2.50 bits per heavy atom. The van der Waals surface area contributed by atoms with E-state index in [1.807, 2.05) is 0 Å². The third-order valence-electron chi connectivity index (χ3n) is 2.37. The number of hydrogen-bond donors (Lipinski definition) is 1. The number of amides is 1. The molecule has 1 aliphatic heterocycles. The van der Waals surface area contributed by atoms with Crippen LogP contribution in [0.15, 0.2) is 0 Å². The van der Waals surface area contributed by atoms with Crippen LogP contribution >= 0.6 is 0 Å². The summed E-state index contributed by atoms with van der Waals surface area (Å²) in [4.78, 5) is 12.5. The van der Waals surface area contributed by atoms with Crippen molar-refractivity contribution in [1.29, 1.82) is 0 Å². The summed E-state index contributed by atoms with van der Waals surface area (Å²) in [5.74, 6) is 0. The van der Waals surface area contributed by atoms with Gasteiger partial charge in [0, 0.05) is 6.04 Å². The van der Waals surface area contributed by atoms with Gasteiger partial charge in [-0.2, -0.15) is 0 Å². The van der Waals surface area contributed by atoms with Crippen molar-refractivity contribution in [3.8, 4) is 0 Å². The fourth-order valence-electron chi connectivity index (χ4n) is 1.64. The topological polar surface area (TPSA) is 55.6 Å². The molecule has 1 saturated heterocycles. The summed E-state index contributed by atoms with van der Waals surface area (Å²) < 4.78 is 4.66. The standard InChI is InChI=1S/C8H16N2O2/c1-10-5-2-3-7(10)4-6-12-8(9)11/h7H,2-6H2,1H3,(H2,9,11). The molecule has 0 spiro atoms. The summed E-state index contributed by atoms with van der Waals surface area (Å²) in [6.07, 6.45) is 2.69. The highest BCUT2D eigenvalue weighted by molar-refractivity contribution is 5.64. The molecule has 1 atom stereocenters. The summed E-state index contributed by atoms with van der Waals surface area (Å²) in [7, 11) is 2.10. The molecule has 0 aromatic carbocycles. The minimum Gasteiger partial charge on any atom is -0.450 e. The Hall–Kier alpha value is -0.770. The lowest BCUT2D eigenvalue weighted by Gasteiger charge is -2.18. The van der Waals surface area contributed by atoms with Gasteiger partial charge in [0.1, 0.15) is 0 Å². The van der Waals surface area contributed by atoms with Gasteiger partial charge in [-0.25, -0.2) is 4.79 Å². The van der Waals surface area contributed by atoms with E-state index in [-0.39, 0.29) is 0 Å². The Morgan fingerprint density at radius 3 is 3.00 bits per heavy atom. The van der Waals surface area contributed by atoms with Crippen molar-refractivity contribution in [3.63, 3.8) is 0 Å². The lowest BCUT2D eigenvalue weighted by molar-refractivity contribution is 0.143. The molecular weight excluding hydrogens is 156 g/mol. The van der Waals surface area contributed by atoms with E-state index in [2.05, 4.69) is 16.7 Å². The van der Waals surface area contributed by atoms with Crippen LogP contribution in [0, 0.1) is 0 Å². The second-order valence-corrected chi connectivity index (χ2v) is 3.23. The summed E-state index contributed by atoms with van der Waals surface area (Å²) in [6.45, 7) is 1.60. The van der Waals surface area contributed by atoms with Gasteiger partial charge >= 0.3 is 6.09 Å². The molecule has 2 N–H and O–H groups in total. The third-order valence-corrected chi connectivity index (χ3v) is 2.37. The first-order valence-electron chi connectivity index (χ1n) is 4.32.